The molecule has 1 atom stereocenters. The summed E-state index contributed by atoms with van der Waals surface area (Å²) in [6, 6.07) is 6.87. The van der Waals surface area contributed by atoms with Crippen molar-refractivity contribution in [1.82, 2.24) is 5.32 Å². The van der Waals surface area contributed by atoms with Gasteiger partial charge in [0.25, 0.3) is 0 Å². The smallest absolute Gasteiger partial charge is 0.328 e. The fraction of sp³-hybridized carbons (Fsp3) is 0.500. The van der Waals surface area contributed by atoms with Gasteiger partial charge in [0.15, 0.2) is 0 Å². The lowest BCUT2D eigenvalue weighted by Crippen LogP contribution is -2.39. The zero-order valence-corrected chi connectivity index (χ0v) is 14.7. The van der Waals surface area contributed by atoms with Crippen molar-refractivity contribution in [3.8, 4) is 0 Å². The van der Waals surface area contributed by atoms with Gasteiger partial charge in [-0.05, 0) is 31.4 Å². The van der Waals surface area contributed by atoms with Crippen molar-refractivity contribution in [2.24, 2.45) is 0 Å². The number of benzene rings is 1. The SMILES string of the molecule is CCOC(=O)[C@H](C)NC(=O)CCC(=O)Nc1ccccc1C(C)C. The predicted octanol–water partition coefficient (Wildman–Crippen LogP) is 2.60. The second-order valence-electron chi connectivity index (χ2n) is 5.83. The second-order valence-corrected chi connectivity index (χ2v) is 5.83. The largest absolute Gasteiger partial charge is 0.464 e. The van der Waals surface area contributed by atoms with Crippen LogP contribution in [-0.4, -0.2) is 30.4 Å². The molecule has 1 rings (SSSR count). The normalized spacial score (nSPS) is 11.7. The second kappa shape index (κ2) is 9.70. The third-order valence-corrected chi connectivity index (χ3v) is 3.45. The fourth-order valence-corrected chi connectivity index (χ4v) is 2.19. The van der Waals surface area contributed by atoms with Crippen LogP contribution in [0, 0.1) is 0 Å². The van der Waals surface area contributed by atoms with Gasteiger partial charge in [-0.2, -0.15) is 0 Å². The molecule has 132 valence electrons. The summed E-state index contributed by atoms with van der Waals surface area (Å²) < 4.78 is 4.81. The highest BCUT2D eigenvalue weighted by molar-refractivity contribution is 5.94. The van der Waals surface area contributed by atoms with Crippen LogP contribution in [0.3, 0.4) is 0 Å². The molecule has 0 bridgehead atoms. The molecular weight excluding hydrogens is 308 g/mol. The molecular formula is C18H26N2O4. The van der Waals surface area contributed by atoms with Gasteiger partial charge in [-0.25, -0.2) is 4.79 Å². The van der Waals surface area contributed by atoms with Gasteiger partial charge in [-0.1, -0.05) is 32.0 Å². The lowest BCUT2D eigenvalue weighted by Gasteiger charge is -2.14. The number of rotatable bonds is 8. The van der Waals surface area contributed by atoms with Gasteiger partial charge >= 0.3 is 5.97 Å². The molecule has 0 aliphatic carbocycles. The first-order valence-electron chi connectivity index (χ1n) is 8.19. The Labute approximate surface area is 143 Å². The molecule has 0 aromatic heterocycles. The van der Waals surface area contributed by atoms with Crippen LogP contribution < -0.4 is 10.6 Å². The quantitative estimate of drug-likeness (QED) is 0.716. The molecule has 6 heteroatoms. The average Bonchev–Trinajstić information content (AvgIpc) is 2.53. The number of hydrogen-bond donors (Lipinski definition) is 2. The van der Waals surface area contributed by atoms with E-state index in [0.29, 0.717) is 0 Å². The molecule has 6 nitrogen and oxygen atoms in total. The van der Waals surface area contributed by atoms with Crippen molar-refractivity contribution in [2.45, 2.75) is 52.5 Å². The summed E-state index contributed by atoms with van der Waals surface area (Å²) in [5.74, 6) is -0.790. The minimum absolute atomic E-state index is 0.0133. The van der Waals surface area contributed by atoms with Gasteiger partial charge < -0.3 is 15.4 Å². The predicted molar refractivity (Wildman–Crippen MR) is 92.6 cm³/mol. The fourth-order valence-electron chi connectivity index (χ4n) is 2.19. The van der Waals surface area contributed by atoms with E-state index in [9.17, 15) is 14.4 Å². The molecule has 0 heterocycles. The molecule has 0 fully saturated rings. The molecule has 24 heavy (non-hydrogen) atoms. The van der Waals surface area contributed by atoms with Gasteiger partial charge in [-0.15, -0.1) is 0 Å². The number of anilines is 1. The van der Waals surface area contributed by atoms with Crippen LogP contribution in [-0.2, 0) is 19.1 Å². The van der Waals surface area contributed by atoms with Crippen LogP contribution in [0.25, 0.3) is 0 Å². The summed E-state index contributed by atoms with van der Waals surface area (Å²) >= 11 is 0. The Morgan fingerprint density at radius 1 is 1.04 bits per heavy atom. The molecule has 2 amide bonds. The van der Waals surface area contributed by atoms with Gasteiger partial charge in [0.05, 0.1) is 6.61 Å². The first-order chi connectivity index (χ1) is 11.3. The van der Waals surface area contributed by atoms with Crippen molar-refractivity contribution in [1.29, 1.82) is 0 Å². The number of carbonyl (C=O) groups is 3. The lowest BCUT2D eigenvalue weighted by molar-refractivity contribution is -0.146. The van der Waals surface area contributed by atoms with E-state index >= 15 is 0 Å². The van der Waals surface area contributed by atoms with Crippen LogP contribution in [0.4, 0.5) is 5.69 Å². The Balaban J connectivity index is 2.47. The van der Waals surface area contributed by atoms with Crippen LogP contribution in [0.2, 0.25) is 0 Å². The maximum absolute atomic E-state index is 12.0. The van der Waals surface area contributed by atoms with Crippen LogP contribution >= 0.6 is 0 Å². The Morgan fingerprint density at radius 2 is 1.67 bits per heavy atom. The number of hydrogen-bond acceptors (Lipinski definition) is 4. The van der Waals surface area contributed by atoms with E-state index in [-0.39, 0.29) is 37.2 Å². The third-order valence-electron chi connectivity index (χ3n) is 3.45. The molecule has 0 unspecified atom stereocenters. The highest BCUT2D eigenvalue weighted by Gasteiger charge is 2.17. The van der Waals surface area contributed by atoms with Crippen LogP contribution in [0.5, 0.6) is 0 Å². The van der Waals surface area contributed by atoms with E-state index in [0.717, 1.165) is 11.3 Å². The summed E-state index contributed by atoms with van der Waals surface area (Å²) in [6.07, 6.45) is 0.0627. The van der Waals surface area contributed by atoms with Crippen molar-refractivity contribution in [3.63, 3.8) is 0 Å². The van der Waals surface area contributed by atoms with E-state index in [1.807, 2.05) is 24.3 Å². The average molecular weight is 334 g/mol. The molecule has 0 radical (unpaired) electrons. The Bertz CT molecular complexity index is 584. The topological polar surface area (TPSA) is 84.5 Å². The maximum Gasteiger partial charge on any atom is 0.328 e. The minimum atomic E-state index is -0.720. The zero-order chi connectivity index (χ0) is 18.1. The number of nitrogens with one attached hydrogen (secondary N) is 2. The van der Waals surface area contributed by atoms with Gasteiger partial charge in [0.1, 0.15) is 6.04 Å². The number of ether oxygens (including phenoxy) is 1. The number of para-hydroxylation sites is 1. The van der Waals surface area contributed by atoms with Crippen molar-refractivity contribution in [3.05, 3.63) is 29.8 Å². The number of carbonyl (C=O) groups excluding carboxylic acids is 3. The summed E-state index contributed by atoms with van der Waals surface area (Å²) in [6.45, 7) is 7.61. The van der Waals surface area contributed by atoms with E-state index in [1.165, 1.54) is 0 Å². The standard InChI is InChI=1S/C18H26N2O4/c1-5-24-18(23)13(4)19-16(21)10-11-17(22)20-15-9-7-6-8-14(15)12(2)3/h6-9,12-13H,5,10-11H2,1-4H3,(H,19,21)(H,20,22)/t13-/m0/s1. The highest BCUT2D eigenvalue weighted by atomic mass is 16.5. The van der Waals surface area contributed by atoms with E-state index < -0.39 is 12.0 Å². The molecule has 0 saturated carbocycles. The van der Waals surface area contributed by atoms with Crippen molar-refractivity contribution < 1.29 is 19.1 Å². The first kappa shape index (κ1) is 19.7. The summed E-state index contributed by atoms with van der Waals surface area (Å²) in [7, 11) is 0. The molecule has 0 aliphatic heterocycles. The van der Waals surface area contributed by atoms with Gasteiger partial charge in [-0.3, -0.25) is 9.59 Å². The summed E-state index contributed by atoms with van der Waals surface area (Å²) in [5.41, 5.74) is 1.81. The molecule has 0 aliphatic rings. The van der Waals surface area contributed by atoms with Crippen molar-refractivity contribution in [2.75, 3.05) is 11.9 Å². The molecule has 1 aromatic carbocycles. The van der Waals surface area contributed by atoms with Crippen LogP contribution in [0.1, 0.15) is 52.0 Å². The first-order valence-corrected chi connectivity index (χ1v) is 8.19. The van der Waals surface area contributed by atoms with E-state index in [2.05, 4.69) is 24.5 Å². The Hall–Kier alpha value is -2.37. The van der Waals surface area contributed by atoms with Gasteiger partial charge in [0.2, 0.25) is 11.8 Å². The Kier molecular flexibility index (Phi) is 7.95. The molecule has 1 aromatic rings. The van der Waals surface area contributed by atoms with Crippen molar-refractivity contribution >= 4 is 23.5 Å². The van der Waals surface area contributed by atoms with Crippen LogP contribution in [0.15, 0.2) is 24.3 Å². The molecule has 0 spiro atoms. The van der Waals surface area contributed by atoms with E-state index in [1.54, 1.807) is 13.8 Å². The lowest BCUT2D eigenvalue weighted by atomic mass is 10.0. The van der Waals surface area contributed by atoms with Gasteiger partial charge in [0, 0.05) is 18.5 Å². The minimum Gasteiger partial charge on any atom is -0.464 e. The van der Waals surface area contributed by atoms with E-state index in [4.69, 9.17) is 4.74 Å². The number of amides is 2. The maximum atomic E-state index is 12.0. The summed E-state index contributed by atoms with van der Waals surface area (Å²) in [5, 5.41) is 5.35. The molecule has 2 N–H and O–H groups in total. The highest BCUT2D eigenvalue weighted by Crippen LogP contribution is 2.23. The Morgan fingerprint density at radius 3 is 2.29 bits per heavy atom. The molecule has 0 saturated heterocycles. The zero-order valence-electron chi connectivity index (χ0n) is 14.7. The monoisotopic (exact) mass is 334 g/mol. The summed E-state index contributed by atoms with van der Waals surface area (Å²) in [4.78, 5) is 35.3. The number of esters is 1. The third kappa shape index (κ3) is 6.40.